The van der Waals surface area contributed by atoms with Crippen LogP contribution in [0.2, 0.25) is 5.02 Å². The van der Waals surface area contributed by atoms with E-state index in [1.165, 1.54) is 38.5 Å². The Morgan fingerprint density at radius 1 is 0.973 bits per heavy atom. The van der Waals surface area contributed by atoms with Crippen molar-refractivity contribution in [1.82, 2.24) is 4.31 Å². The predicted molar refractivity (Wildman–Crippen MR) is 136 cm³/mol. The Hall–Kier alpha value is -3.47. The lowest BCUT2D eigenvalue weighted by Crippen LogP contribution is -2.46. The molecule has 11 heteroatoms. The fourth-order valence-corrected chi connectivity index (χ4v) is 5.87. The van der Waals surface area contributed by atoms with E-state index in [-0.39, 0.29) is 24.3 Å². The van der Waals surface area contributed by atoms with Crippen molar-refractivity contribution in [3.05, 3.63) is 83.1 Å². The van der Waals surface area contributed by atoms with E-state index < -0.39 is 33.7 Å². The first-order valence-corrected chi connectivity index (χ1v) is 13.1. The van der Waals surface area contributed by atoms with Crippen molar-refractivity contribution in [1.29, 1.82) is 0 Å². The average Bonchev–Trinajstić information content (AvgIpc) is 3.17. The number of hydrogen-bond acceptors (Lipinski definition) is 6. The lowest BCUT2D eigenvalue weighted by Gasteiger charge is -2.27. The third-order valence-corrected chi connectivity index (χ3v) is 8.22. The van der Waals surface area contributed by atoms with E-state index in [1.54, 1.807) is 18.2 Å². The lowest BCUT2D eigenvalue weighted by atomic mass is 10.1. The van der Waals surface area contributed by atoms with Gasteiger partial charge in [-0.05, 0) is 72.6 Å². The number of ether oxygens (including phenoxy) is 2. The van der Waals surface area contributed by atoms with Crippen LogP contribution in [0, 0.1) is 5.82 Å². The van der Waals surface area contributed by atoms with Crippen LogP contribution in [0.4, 0.5) is 10.1 Å². The Labute approximate surface area is 219 Å². The van der Waals surface area contributed by atoms with Gasteiger partial charge >= 0.3 is 0 Å². The summed E-state index contributed by atoms with van der Waals surface area (Å²) in [5.41, 5.74) is 1.02. The molecule has 0 saturated carbocycles. The van der Waals surface area contributed by atoms with Crippen LogP contribution in [0.5, 0.6) is 11.5 Å². The van der Waals surface area contributed by atoms with Crippen LogP contribution in [-0.2, 0) is 26.0 Å². The minimum absolute atomic E-state index is 0.118. The van der Waals surface area contributed by atoms with Gasteiger partial charge in [0.25, 0.3) is 5.91 Å². The normalized spacial score (nSPS) is 15.9. The summed E-state index contributed by atoms with van der Waals surface area (Å²) in [6.45, 7) is -0.118. The van der Waals surface area contributed by atoms with Gasteiger partial charge in [-0.1, -0.05) is 17.7 Å². The molecule has 8 nitrogen and oxygen atoms in total. The minimum Gasteiger partial charge on any atom is -0.493 e. The van der Waals surface area contributed by atoms with Gasteiger partial charge in [0.05, 0.1) is 31.2 Å². The van der Waals surface area contributed by atoms with Crippen molar-refractivity contribution in [3.63, 3.8) is 0 Å². The van der Waals surface area contributed by atoms with E-state index in [0.29, 0.717) is 22.2 Å². The molecule has 1 aliphatic rings. The van der Waals surface area contributed by atoms with E-state index in [9.17, 15) is 22.4 Å². The monoisotopic (exact) mass is 546 g/mol. The highest BCUT2D eigenvalue weighted by molar-refractivity contribution is 7.89. The molecular formula is C26H24ClFN2O6S. The summed E-state index contributed by atoms with van der Waals surface area (Å²) in [6.07, 6.45) is -0.131. The molecule has 1 saturated heterocycles. The van der Waals surface area contributed by atoms with Crippen molar-refractivity contribution in [2.24, 2.45) is 0 Å². The van der Waals surface area contributed by atoms with Gasteiger partial charge in [-0.2, -0.15) is 4.31 Å². The molecule has 0 radical (unpaired) electrons. The molecule has 0 aromatic heterocycles. The number of benzene rings is 3. The maximum Gasteiger partial charge on any atom is 0.252 e. The van der Waals surface area contributed by atoms with E-state index in [1.807, 2.05) is 0 Å². The van der Waals surface area contributed by atoms with E-state index in [0.717, 1.165) is 39.0 Å². The second-order valence-corrected chi connectivity index (χ2v) is 10.6. The first kappa shape index (κ1) is 26.6. The van der Waals surface area contributed by atoms with Gasteiger partial charge < -0.3 is 9.47 Å². The summed E-state index contributed by atoms with van der Waals surface area (Å²) in [5, 5.41) is 0.426. The molecule has 4 rings (SSSR count). The number of carbonyl (C=O) groups is 2. The predicted octanol–water partition coefficient (Wildman–Crippen LogP) is 4.06. The van der Waals surface area contributed by atoms with E-state index >= 15 is 0 Å². The number of rotatable bonds is 9. The number of hydrogen-bond donors (Lipinski definition) is 0. The fraction of sp³-hybridized carbons (Fsp3) is 0.231. The Morgan fingerprint density at radius 2 is 1.62 bits per heavy atom. The molecule has 3 aromatic carbocycles. The molecule has 1 fully saturated rings. The highest BCUT2D eigenvalue weighted by Crippen LogP contribution is 2.31. The van der Waals surface area contributed by atoms with Crippen molar-refractivity contribution in [2.75, 3.05) is 25.7 Å². The zero-order chi connectivity index (χ0) is 26.7. The van der Waals surface area contributed by atoms with Crippen LogP contribution in [0.25, 0.3) is 0 Å². The summed E-state index contributed by atoms with van der Waals surface area (Å²) in [5.74, 6) is -0.837. The molecule has 0 spiro atoms. The molecule has 3 aromatic rings. The number of imide groups is 1. The molecule has 1 heterocycles. The Kier molecular flexibility index (Phi) is 7.82. The molecule has 0 aliphatic carbocycles. The number of halogens is 2. The lowest BCUT2D eigenvalue weighted by molar-refractivity contribution is -0.122. The largest absolute Gasteiger partial charge is 0.493 e. The number of nitrogens with zero attached hydrogens (tertiary/aromatic N) is 2. The second-order valence-electron chi connectivity index (χ2n) is 8.27. The standard InChI is InChI=1S/C26H24ClFN2O6S/c1-35-23-12-3-17(15-24(23)36-2)13-14-29(37(33,34)21-10-6-19(28)7-11-21)22-16-25(31)30(26(22)32)20-8-4-18(27)5-9-20/h3-12,15,22H,13-14,16H2,1-2H3. The quantitative estimate of drug-likeness (QED) is 0.376. The van der Waals surface area contributed by atoms with Crippen molar-refractivity contribution < 1.29 is 31.9 Å². The SMILES string of the molecule is COc1ccc(CCN(C2CC(=O)N(c3ccc(Cl)cc3)C2=O)S(=O)(=O)c2ccc(F)cc2)cc1OC. The van der Waals surface area contributed by atoms with Crippen molar-refractivity contribution in [2.45, 2.75) is 23.8 Å². The summed E-state index contributed by atoms with van der Waals surface area (Å²) >= 11 is 5.93. The summed E-state index contributed by atoms with van der Waals surface area (Å²) in [6, 6.07) is 14.3. The molecule has 37 heavy (non-hydrogen) atoms. The molecule has 0 bridgehead atoms. The Balaban J connectivity index is 1.69. The van der Waals surface area contributed by atoms with Gasteiger partial charge in [0.2, 0.25) is 15.9 Å². The number of amides is 2. The third-order valence-electron chi connectivity index (χ3n) is 6.04. The topological polar surface area (TPSA) is 93.2 Å². The van der Waals surface area contributed by atoms with Gasteiger partial charge in [0, 0.05) is 11.6 Å². The molecule has 1 atom stereocenters. The number of carbonyl (C=O) groups excluding carboxylic acids is 2. The van der Waals surface area contributed by atoms with Gasteiger partial charge in [0.1, 0.15) is 11.9 Å². The average molecular weight is 547 g/mol. The molecule has 194 valence electrons. The van der Waals surface area contributed by atoms with Gasteiger partial charge in [-0.25, -0.2) is 17.7 Å². The van der Waals surface area contributed by atoms with E-state index in [4.69, 9.17) is 21.1 Å². The second kappa shape index (κ2) is 10.9. The first-order valence-electron chi connectivity index (χ1n) is 11.3. The molecule has 0 N–H and O–H groups in total. The minimum atomic E-state index is -4.28. The summed E-state index contributed by atoms with van der Waals surface area (Å²) in [4.78, 5) is 27.1. The Bertz CT molecular complexity index is 1410. The number of methoxy groups -OCH3 is 2. The highest BCUT2D eigenvalue weighted by atomic mass is 35.5. The van der Waals surface area contributed by atoms with Crippen LogP contribution < -0.4 is 14.4 Å². The van der Waals surface area contributed by atoms with Gasteiger partial charge in [0.15, 0.2) is 11.5 Å². The maximum atomic E-state index is 13.7. The Morgan fingerprint density at radius 3 is 2.24 bits per heavy atom. The van der Waals surface area contributed by atoms with E-state index in [2.05, 4.69) is 0 Å². The van der Waals surface area contributed by atoms with Gasteiger partial charge in [-0.15, -0.1) is 0 Å². The molecular weight excluding hydrogens is 523 g/mol. The number of anilines is 1. The maximum absolute atomic E-state index is 13.7. The van der Waals surface area contributed by atoms with Crippen LogP contribution in [0.3, 0.4) is 0 Å². The van der Waals surface area contributed by atoms with Crippen LogP contribution in [0.15, 0.2) is 71.6 Å². The molecule has 1 aliphatic heterocycles. The fourth-order valence-electron chi connectivity index (χ4n) is 4.16. The van der Waals surface area contributed by atoms with Gasteiger partial charge in [-0.3, -0.25) is 9.59 Å². The van der Waals surface area contributed by atoms with Crippen molar-refractivity contribution >= 4 is 39.1 Å². The number of sulfonamides is 1. The first-order chi connectivity index (χ1) is 17.6. The highest BCUT2D eigenvalue weighted by Gasteiger charge is 2.46. The van der Waals surface area contributed by atoms with Crippen LogP contribution >= 0.6 is 11.6 Å². The third kappa shape index (κ3) is 5.46. The zero-order valence-corrected chi connectivity index (χ0v) is 21.6. The summed E-state index contributed by atoms with van der Waals surface area (Å²) < 4.78 is 52.4. The molecule has 1 unspecified atom stereocenters. The van der Waals surface area contributed by atoms with Crippen molar-refractivity contribution in [3.8, 4) is 11.5 Å². The van der Waals surface area contributed by atoms with Crippen LogP contribution in [0.1, 0.15) is 12.0 Å². The summed E-state index contributed by atoms with van der Waals surface area (Å²) in [7, 11) is -1.29. The smallest absolute Gasteiger partial charge is 0.252 e. The van der Waals surface area contributed by atoms with Crippen LogP contribution in [-0.4, -0.2) is 51.3 Å². The molecule has 2 amide bonds. The zero-order valence-electron chi connectivity index (χ0n) is 20.1.